The zero-order valence-corrected chi connectivity index (χ0v) is 7.58. The van der Waals surface area contributed by atoms with Crippen molar-refractivity contribution in [3.8, 4) is 6.07 Å². The molecule has 0 aliphatic rings. The molecular weight excluding hydrogens is 204 g/mol. The van der Waals surface area contributed by atoms with Gasteiger partial charge in [0.2, 0.25) is 0 Å². The van der Waals surface area contributed by atoms with Crippen molar-refractivity contribution in [3.63, 3.8) is 0 Å². The molecule has 1 N–H and O–H groups in total. The van der Waals surface area contributed by atoms with Crippen LogP contribution in [0.4, 0.5) is 8.78 Å². The number of halogens is 2. The minimum absolute atomic E-state index is 0.484. The molecule has 0 amide bonds. The zero-order valence-electron chi connectivity index (χ0n) is 7.58. The molecule has 1 aromatic rings. The molecule has 0 saturated heterocycles. The lowest BCUT2D eigenvalue weighted by molar-refractivity contribution is -0.137. The topological polar surface area (TPSA) is 61.1 Å². The number of hydrogen-bond donors (Lipinski definition) is 1. The first-order valence-corrected chi connectivity index (χ1v) is 4.11. The lowest BCUT2D eigenvalue weighted by Crippen LogP contribution is -2.08. The Hall–Kier alpha value is -1.96. The first-order chi connectivity index (χ1) is 7.06. The van der Waals surface area contributed by atoms with Gasteiger partial charge in [-0.1, -0.05) is 6.07 Å². The van der Waals surface area contributed by atoms with Crippen LogP contribution in [0.15, 0.2) is 18.2 Å². The van der Waals surface area contributed by atoms with Crippen LogP contribution in [0.3, 0.4) is 0 Å². The van der Waals surface area contributed by atoms with Crippen molar-refractivity contribution in [2.24, 2.45) is 0 Å². The third-order valence-electron chi connectivity index (χ3n) is 1.88. The second-order valence-corrected chi connectivity index (χ2v) is 2.91. The van der Waals surface area contributed by atoms with E-state index in [1.54, 1.807) is 6.07 Å². The minimum Gasteiger partial charge on any atom is -0.481 e. The number of carboxylic acid groups (broad SMARTS) is 1. The fourth-order valence-electron chi connectivity index (χ4n) is 1.23. The number of rotatable bonds is 3. The van der Waals surface area contributed by atoms with E-state index < -0.39 is 35.5 Å². The molecule has 0 bridgehead atoms. The van der Waals surface area contributed by atoms with Crippen LogP contribution in [0.25, 0.3) is 0 Å². The van der Waals surface area contributed by atoms with Gasteiger partial charge < -0.3 is 5.11 Å². The van der Waals surface area contributed by atoms with E-state index in [0.29, 0.717) is 0 Å². The molecule has 0 aliphatic heterocycles. The van der Waals surface area contributed by atoms with Gasteiger partial charge >= 0.3 is 5.97 Å². The Labute approximate surface area is 84.6 Å². The Morgan fingerprint density at radius 1 is 1.47 bits per heavy atom. The number of nitriles is 1. The van der Waals surface area contributed by atoms with Crippen molar-refractivity contribution in [2.75, 3.05) is 0 Å². The molecule has 1 aromatic carbocycles. The molecule has 1 rings (SSSR count). The van der Waals surface area contributed by atoms with E-state index in [4.69, 9.17) is 10.4 Å². The summed E-state index contributed by atoms with van der Waals surface area (Å²) in [6.45, 7) is 0. The maximum Gasteiger partial charge on any atom is 0.305 e. The van der Waals surface area contributed by atoms with Crippen molar-refractivity contribution in [2.45, 2.75) is 12.3 Å². The molecule has 1 atom stereocenters. The number of aliphatic carboxylic acids is 1. The summed E-state index contributed by atoms with van der Waals surface area (Å²) in [4.78, 5) is 10.4. The number of carbonyl (C=O) groups is 1. The molecule has 0 heterocycles. The fraction of sp³-hybridized carbons (Fsp3) is 0.200. The van der Waals surface area contributed by atoms with E-state index >= 15 is 0 Å². The van der Waals surface area contributed by atoms with Crippen LogP contribution in [-0.4, -0.2) is 11.1 Å². The third-order valence-corrected chi connectivity index (χ3v) is 1.88. The summed E-state index contributed by atoms with van der Waals surface area (Å²) >= 11 is 0. The predicted molar refractivity (Wildman–Crippen MR) is 47.0 cm³/mol. The van der Waals surface area contributed by atoms with E-state index in [1.165, 1.54) is 0 Å². The normalized spacial score (nSPS) is 11.8. The van der Waals surface area contributed by atoms with E-state index in [0.717, 1.165) is 18.2 Å². The molecular formula is C10H7F2NO2. The van der Waals surface area contributed by atoms with E-state index in [2.05, 4.69) is 0 Å². The van der Waals surface area contributed by atoms with E-state index in [9.17, 15) is 13.6 Å². The van der Waals surface area contributed by atoms with Gasteiger partial charge in [0.15, 0.2) is 0 Å². The molecule has 5 heteroatoms. The van der Waals surface area contributed by atoms with Gasteiger partial charge in [0.1, 0.15) is 11.6 Å². The molecule has 0 radical (unpaired) electrons. The van der Waals surface area contributed by atoms with Gasteiger partial charge in [0.05, 0.1) is 18.4 Å². The Bertz CT molecular complexity index is 406. The van der Waals surface area contributed by atoms with Gasteiger partial charge in [-0.2, -0.15) is 5.26 Å². The second kappa shape index (κ2) is 4.51. The van der Waals surface area contributed by atoms with E-state index in [-0.39, 0.29) is 0 Å². The molecule has 0 aromatic heterocycles. The van der Waals surface area contributed by atoms with Gasteiger partial charge in [-0.05, 0) is 12.1 Å². The van der Waals surface area contributed by atoms with Gasteiger partial charge in [0, 0.05) is 5.56 Å². The van der Waals surface area contributed by atoms with Gasteiger partial charge in [-0.25, -0.2) is 8.78 Å². The average molecular weight is 211 g/mol. The quantitative estimate of drug-likeness (QED) is 0.832. The van der Waals surface area contributed by atoms with Gasteiger partial charge in [-0.15, -0.1) is 0 Å². The number of hydrogen-bond acceptors (Lipinski definition) is 2. The van der Waals surface area contributed by atoms with Crippen LogP contribution in [0.5, 0.6) is 0 Å². The molecule has 15 heavy (non-hydrogen) atoms. The average Bonchev–Trinajstić information content (AvgIpc) is 2.15. The number of nitrogens with zero attached hydrogens (tertiary/aromatic N) is 1. The highest BCUT2D eigenvalue weighted by Gasteiger charge is 2.22. The Kier molecular flexibility index (Phi) is 3.34. The van der Waals surface area contributed by atoms with Crippen LogP contribution < -0.4 is 0 Å². The van der Waals surface area contributed by atoms with Crippen LogP contribution >= 0.6 is 0 Å². The lowest BCUT2D eigenvalue weighted by atomic mass is 9.96. The van der Waals surface area contributed by atoms with Gasteiger partial charge in [0.25, 0.3) is 0 Å². The van der Waals surface area contributed by atoms with E-state index in [1.807, 2.05) is 0 Å². The summed E-state index contributed by atoms with van der Waals surface area (Å²) in [6.07, 6.45) is -0.617. The van der Waals surface area contributed by atoms with Crippen molar-refractivity contribution < 1.29 is 18.7 Å². The summed E-state index contributed by atoms with van der Waals surface area (Å²) in [5, 5.41) is 17.1. The van der Waals surface area contributed by atoms with Crippen LogP contribution in [0.2, 0.25) is 0 Å². The molecule has 0 spiro atoms. The SMILES string of the molecule is N#CC(CC(=O)O)c1c(F)cccc1F. The molecule has 78 valence electrons. The molecule has 0 aliphatic carbocycles. The highest BCUT2D eigenvalue weighted by Crippen LogP contribution is 2.24. The molecule has 3 nitrogen and oxygen atoms in total. The fourth-order valence-corrected chi connectivity index (χ4v) is 1.23. The first kappa shape index (κ1) is 11.1. The van der Waals surface area contributed by atoms with Crippen LogP contribution in [-0.2, 0) is 4.79 Å². The summed E-state index contributed by atoms with van der Waals surface area (Å²) in [6, 6.07) is 4.71. The van der Waals surface area contributed by atoms with Crippen LogP contribution in [0, 0.1) is 23.0 Å². The monoisotopic (exact) mass is 211 g/mol. The van der Waals surface area contributed by atoms with Crippen molar-refractivity contribution in [1.82, 2.24) is 0 Å². The summed E-state index contributed by atoms with van der Waals surface area (Å²) in [7, 11) is 0. The maximum atomic E-state index is 13.2. The summed E-state index contributed by atoms with van der Waals surface area (Å²) in [5.41, 5.74) is -0.484. The zero-order chi connectivity index (χ0) is 11.4. The highest BCUT2D eigenvalue weighted by molar-refractivity contribution is 5.68. The minimum atomic E-state index is -1.30. The largest absolute Gasteiger partial charge is 0.481 e. The smallest absolute Gasteiger partial charge is 0.305 e. The maximum absolute atomic E-state index is 13.2. The standard InChI is InChI=1S/C10H7F2NO2/c11-7-2-1-3-8(12)10(7)6(5-13)4-9(14)15/h1-3,6H,4H2,(H,14,15). The number of carboxylic acids is 1. The molecule has 0 saturated carbocycles. The van der Waals surface area contributed by atoms with Crippen molar-refractivity contribution in [1.29, 1.82) is 5.26 Å². The van der Waals surface area contributed by atoms with Crippen molar-refractivity contribution >= 4 is 5.97 Å². The Morgan fingerprint density at radius 2 is 2.00 bits per heavy atom. The molecule has 1 unspecified atom stereocenters. The second-order valence-electron chi connectivity index (χ2n) is 2.91. The predicted octanol–water partition coefficient (Wildman–Crippen LogP) is 2.05. The number of benzene rings is 1. The Balaban J connectivity index is 3.13. The van der Waals surface area contributed by atoms with Crippen LogP contribution in [0.1, 0.15) is 17.9 Å². The highest BCUT2D eigenvalue weighted by atomic mass is 19.1. The molecule has 0 fully saturated rings. The first-order valence-electron chi connectivity index (χ1n) is 4.11. The third kappa shape index (κ3) is 2.50. The lowest BCUT2D eigenvalue weighted by Gasteiger charge is -2.08. The Morgan fingerprint density at radius 3 is 2.40 bits per heavy atom. The summed E-state index contributed by atoms with van der Waals surface area (Å²) in [5.74, 6) is -4.38. The van der Waals surface area contributed by atoms with Crippen molar-refractivity contribution in [3.05, 3.63) is 35.4 Å². The van der Waals surface area contributed by atoms with Gasteiger partial charge in [-0.3, -0.25) is 4.79 Å². The summed E-state index contributed by atoms with van der Waals surface area (Å²) < 4.78 is 26.3.